The summed E-state index contributed by atoms with van der Waals surface area (Å²) in [6.45, 7) is 8.74. The molecule has 0 nitrogen and oxygen atoms in total. The fourth-order valence-electron chi connectivity index (χ4n) is 1.84. The smallest absolute Gasteiger partial charge is 0.0219 e. The van der Waals surface area contributed by atoms with Crippen molar-refractivity contribution in [3.8, 4) is 0 Å². The normalized spacial score (nSPS) is 9.83. The van der Waals surface area contributed by atoms with E-state index in [9.17, 15) is 0 Å². The number of benzene rings is 2. The Balaban J connectivity index is 0.000000180. The summed E-state index contributed by atoms with van der Waals surface area (Å²) < 4.78 is 0. The maximum absolute atomic E-state index is 2.20. The summed E-state index contributed by atoms with van der Waals surface area (Å²) in [6, 6.07) is 19.0. The van der Waals surface area contributed by atoms with Crippen molar-refractivity contribution in [2.45, 2.75) is 40.0 Å². The van der Waals surface area contributed by atoms with Gasteiger partial charge in [0.15, 0.2) is 0 Å². The largest absolute Gasteiger partial charge is 0.0622 e. The molecule has 0 heteroatoms. The second kappa shape index (κ2) is 7.71. The maximum atomic E-state index is 2.20. The summed E-state index contributed by atoms with van der Waals surface area (Å²) in [6.07, 6.45) is 1.15. The van der Waals surface area contributed by atoms with Crippen LogP contribution in [0.5, 0.6) is 0 Å². The lowest BCUT2D eigenvalue weighted by Gasteiger charge is -2.01. The number of hydrogen-bond acceptors (Lipinski definition) is 0. The van der Waals surface area contributed by atoms with Gasteiger partial charge in [-0.1, -0.05) is 75.4 Å². The van der Waals surface area contributed by atoms with Crippen LogP contribution in [0.2, 0.25) is 0 Å². The highest BCUT2D eigenvalue weighted by Gasteiger charge is 1.93. The first-order valence-corrected chi connectivity index (χ1v) is 6.74. The Bertz CT molecular complexity index is 441. The lowest BCUT2D eigenvalue weighted by atomic mass is 10.0. The molecule has 0 heterocycles. The monoisotopic (exact) mass is 240 g/mol. The average molecular weight is 240 g/mol. The van der Waals surface area contributed by atoms with Crippen molar-refractivity contribution in [2.24, 2.45) is 0 Å². The molecule has 0 amide bonds. The van der Waals surface area contributed by atoms with Crippen LogP contribution in [0.4, 0.5) is 0 Å². The SMILES string of the molecule is CC(C)c1ccccc1.CCc1ccccc1C. The van der Waals surface area contributed by atoms with E-state index < -0.39 is 0 Å². The second-order valence-electron chi connectivity index (χ2n) is 4.85. The molecular formula is C18H24. The molecule has 0 aliphatic rings. The molecule has 0 saturated carbocycles. The van der Waals surface area contributed by atoms with Crippen LogP contribution in [0, 0.1) is 6.92 Å². The van der Waals surface area contributed by atoms with Crippen molar-refractivity contribution >= 4 is 0 Å². The summed E-state index contributed by atoms with van der Waals surface area (Å²) in [5, 5.41) is 0. The van der Waals surface area contributed by atoms with Crippen molar-refractivity contribution in [1.29, 1.82) is 0 Å². The van der Waals surface area contributed by atoms with Gasteiger partial charge < -0.3 is 0 Å². The van der Waals surface area contributed by atoms with Crippen molar-refractivity contribution in [1.82, 2.24) is 0 Å². The van der Waals surface area contributed by atoms with E-state index in [1.165, 1.54) is 16.7 Å². The molecule has 0 radical (unpaired) electrons. The number of hydrogen-bond donors (Lipinski definition) is 0. The third-order valence-corrected chi connectivity index (χ3v) is 3.11. The van der Waals surface area contributed by atoms with Gasteiger partial charge in [0, 0.05) is 0 Å². The average Bonchev–Trinajstić information content (AvgIpc) is 2.41. The number of aryl methyl sites for hydroxylation is 2. The molecule has 0 aromatic heterocycles. The van der Waals surface area contributed by atoms with Crippen LogP contribution in [0.3, 0.4) is 0 Å². The van der Waals surface area contributed by atoms with Crippen LogP contribution < -0.4 is 0 Å². The van der Waals surface area contributed by atoms with E-state index in [0.29, 0.717) is 5.92 Å². The minimum Gasteiger partial charge on any atom is -0.0622 e. The van der Waals surface area contributed by atoms with E-state index >= 15 is 0 Å². The van der Waals surface area contributed by atoms with Gasteiger partial charge in [0.05, 0.1) is 0 Å². The first-order chi connectivity index (χ1) is 8.65. The zero-order valence-electron chi connectivity index (χ0n) is 12.0. The molecular weight excluding hydrogens is 216 g/mol. The predicted molar refractivity (Wildman–Crippen MR) is 81.1 cm³/mol. The Kier molecular flexibility index (Phi) is 6.21. The van der Waals surface area contributed by atoms with E-state index in [0.717, 1.165) is 6.42 Å². The van der Waals surface area contributed by atoms with Gasteiger partial charge in [0.2, 0.25) is 0 Å². The Morgan fingerprint density at radius 2 is 1.39 bits per heavy atom. The minimum atomic E-state index is 0.659. The van der Waals surface area contributed by atoms with Gasteiger partial charge in [0.1, 0.15) is 0 Å². The molecule has 0 aliphatic carbocycles. The van der Waals surface area contributed by atoms with E-state index in [1.807, 2.05) is 6.07 Å². The van der Waals surface area contributed by atoms with Crippen LogP contribution >= 0.6 is 0 Å². The summed E-state index contributed by atoms with van der Waals surface area (Å²) in [5.41, 5.74) is 4.27. The number of rotatable bonds is 2. The third-order valence-electron chi connectivity index (χ3n) is 3.11. The zero-order chi connectivity index (χ0) is 13.4. The molecule has 18 heavy (non-hydrogen) atoms. The summed E-state index contributed by atoms with van der Waals surface area (Å²) >= 11 is 0. The topological polar surface area (TPSA) is 0 Å². The van der Waals surface area contributed by atoms with Gasteiger partial charge in [-0.3, -0.25) is 0 Å². The molecule has 0 aliphatic heterocycles. The lowest BCUT2D eigenvalue weighted by Crippen LogP contribution is -1.83. The van der Waals surface area contributed by atoms with Gasteiger partial charge in [0.25, 0.3) is 0 Å². The molecule has 0 fully saturated rings. The highest BCUT2D eigenvalue weighted by Crippen LogP contribution is 2.11. The molecule has 0 unspecified atom stereocenters. The fourth-order valence-corrected chi connectivity index (χ4v) is 1.84. The molecule has 2 rings (SSSR count). The first-order valence-electron chi connectivity index (χ1n) is 6.74. The van der Waals surface area contributed by atoms with Crippen molar-refractivity contribution in [2.75, 3.05) is 0 Å². The Labute approximate surface area is 112 Å². The molecule has 0 bridgehead atoms. The second-order valence-corrected chi connectivity index (χ2v) is 4.85. The highest BCUT2D eigenvalue weighted by molar-refractivity contribution is 5.25. The van der Waals surface area contributed by atoms with Gasteiger partial charge in [-0.2, -0.15) is 0 Å². The Hall–Kier alpha value is -1.56. The van der Waals surface area contributed by atoms with Crippen LogP contribution in [0.1, 0.15) is 43.4 Å². The van der Waals surface area contributed by atoms with Crippen molar-refractivity contribution < 1.29 is 0 Å². The summed E-state index contributed by atoms with van der Waals surface area (Å²) in [7, 11) is 0. The van der Waals surface area contributed by atoms with Gasteiger partial charge >= 0.3 is 0 Å². The van der Waals surface area contributed by atoms with E-state index in [4.69, 9.17) is 0 Å². The highest BCUT2D eigenvalue weighted by atomic mass is 14.0. The molecule has 2 aromatic carbocycles. The predicted octanol–water partition coefficient (Wildman–Crippen LogP) is 5.37. The molecule has 2 aromatic rings. The van der Waals surface area contributed by atoms with Gasteiger partial charge in [-0.05, 0) is 36.0 Å². The fraction of sp³-hybridized carbons (Fsp3) is 0.333. The van der Waals surface area contributed by atoms with Gasteiger partial charge in [-0.15, -0.1) is 0 Å². The third kappa shape index (κ3) is 4.75. The summed E-state index contributed by atoms with van der Waals surface area (Å²) in [5.74, 6) is 0.659. The van der Waals surface area contributed by atoms with E-state index in [-0.39, 0.29) is 0 Å². The summed E-state index contributed by atoms with van der Waals surface area (Å²) in [4.78, 5) is 0. The standard InChI is InChI=1S/2C9H12/c1-8(2)9-6-4-3-5-7-9;1-3-9-7-5-4-6-8(9)2/h3-8H,1-2H3;4-7H,3H2,1-2H3. The van der Waals surface area contributed by atoms with Crippen LogP contribution in [0.25, 0.3) is 0 Å². The molecule has 0 N–H and O–H groups in total. The van der Waals surface area contributed by atoms with E-state index in [2.05, 4.69) is 76.2 Å². The van der Waals surface area contributed by atoms with Crippen LogP contribution in [-0.2, 0) is 6.42 Å². The quantitative estimate of drug-likeness (QED) is 0.662. The van der Waals surface area contributed by atoms with Crippen LogP contribution in [-0.4, -0.2) is 0 Å². The zero-order valence-corrected chi connectivity index (χ0v) is 12.0. The molecule has 0 spiro atoms. The first kappa shape index (κ1) is 14.5. The maximum Gasteiger partial charge on any atom is -0.0219 e. The lowest BCUT2D eigenvalue weighted by molar-refractivity contribution is 0.867. The Morgan fingerprint density at radius 1 is 0.833 bits per heavy atom. The van der Waals surface area contributed by atoms with Crippen molar-refractivity contribution in [3.05, 3.63) is 71.3 Å². The molecule has 0 atom stereocenters. The minimum absolute atomic E-state index is 0.659. The molecule has 96 valence electrons. The van der Waals surface area contributed by atoms with E-state index in [1.54, 1.807) is 0 Å². The Morgan fingerprint density at radius 3 is 1.78 bits per heavy atom. The molecule has 0 saturated heterocycles. The van der Waals surface area contributed by atoms with Crippen molar-refractivity contribution in [3.63, 3.8) is 0 Å². The van der Waals surface area contributed by atoms with Gasteiger partial charge in [-0.25, -0.2) is 0 Å². The van der Waals surface area contributed by atoms with Crippen LogP contribution in [0.15, 0.2) is 54.6 Å².